The Balaban J connectivity index is 2.30. The predicted molar refractivity (Wildman–Crippen MR) is 106 cm³/mol. The second-order valence-corrected chi connectivity index (χ2v) is 5.61. The van der Waals surface area contributed by atoms with E-state index in [0.717, 1.165) is 12.4 Å². The van der Waals surface area contributed by atoms with Crippen molar-refractivity contribution >= 4 is 35.6 Å². The monoisotopic (exact) mass is 386 g/mol. The number of allylic oxidation sites excluding steroid dienone is 2. The molecule has 8 nitrogen and oxygen atoms in total. The average molecular weight is 387 g/mol. The first kappa shape index (κ1) is 19.9. The fourth-order valence-corrected chi connectivity index (χ4v) is 2.39. The van der Waals surface area contributed by atoms with Gasteiger partial charge in [-0.25, -0.2) is 4.99 Å². The summed E-state index contributed by atoms with van der Waals surface area (Å²) in [6, 6.07) is 4.84. The molecule has 0 saturated heterocycles. The number of amides is 1. The van der Waals surface area contributed by atoms with Gasteiger partial charge in [0.15, 0.2) is 0 Å². The molecule has 0 spiro atoms. The molecule has 27 heavy (non-hydrogen) atoms. The number of nitrogens with one attached hydrogen (secondary N) is 4. The number of nitrogens with two attached hydrogens (primary N) is 1. The Bertz CT molecular complexity index is 886. The average Bonchev–Trinajstić information content (AvgIpc) is 2.68. The smallest absolute Gasteiger partial charge is 0.261 e. The number of hydrogen-bond donors (Lipinski definition) is 5. The zero-order valence-corrected chi connectivity index (χ0v) is 15.3. The highest BCUT2D eigenvalue weighted by atomic mass is 35.5. The SMILES string of the molecule is CCOc1ccc(Cl)cc1C(=N)/C(=C\N)NC(=O)/C(C=N)=C1\N=CC=CN1. The van der Waals surface area contributed by atoms with Gasteiger partial charge in [-0.2, -0.15) is 0 Å². The molecule has 1 aromatic rings. The highest BCUT2D eigenvalue weighted by Crippen LogP contribution is 2.25. The molecule has 1 heterocycles. The molecule has 0 saturated carbocycles. The van der Waals surface area contributed by atoms with Crippen molar-refractivity contribution in [1.82, 2.24) is 10.6 Å². The lowest BCUT2D eigenvalue weighted by Crippen LogP contribution is -2.32. The molecule has 0 aromatic heterocycles. The Morgan fingerprint density at radius 3 is 2.85 bits per heavy atom. The van der Waals surface area contributed by atoms with Crippen molar-refractivity contribution in [2.75, 3.05) is 6.61 Å². The fraction of sp³-hybridized carbons (Fsp3) is 0.111. The van der Waals surface area contributed by atoms with Crippen molar-refractivity contribution in [3.8, 4) is 5.75 Å². The van der Waals surface area contributed by atoms with E-state index in [2.05, 4.69) is 15.6 Å². The van der Waals surface area contributed by atoms with Crippen LogP contribution in [-0.4, -0.2) is 30.7 Å². The number of benzene rings is 1. The summed E-state index contributed by atoms with van der Waals surface area (Å²) in [6.45, 7) is 2.22. The van der Waals surface area contributed by atoms with Crippen molar-refractivity contribution in [3.63, 3.8) is 0 Å². The number of aliphatic imine (C=N–C) groups is 1. The molecule has 0 radical (unpaired) electrons. The van der Waals surface area contributed by atoms with Gasteiger partial charge >= 0.3 is 0 Å². The summed E-state index contributed by atoms with van der Waals surface area (Å²) in [5.74, 6) is 0.0156. The minimum Gasteiger partial charge on any atom is -0.493 e. The molecule has 6 N–H and O–H groups in total. The molecule has 0 atom stereocenters. The largest absolute Gasteiger partial charge is 0.493 e. The van der Waals surface area contributed by atoms with Crippen molar-refractivity contribution in [2.45, 2.75) is 6.92 Å². The van der Waals surface area contributed by atoms with Gasteiger partial charge in [0.05, 0.1) is 23.6 Å². The summed E-state index contributed by atoms with van der Waals surface area (Å²) in [7, 11) is 0. The zero-order chi connectivity index (χ0) is 19.8. The van der Waals surface area contributed by atoms with Gasteiger partial charge < -0.3 is 26.5 Å². The number of carbonyl (C=O) groups excluding carboxylic acids is 1. The Morgan fingerprint density at radius 2 is 2.26 bits per heavy atom. The topological polar surface area (TPSA) is 136 Å². The van der Waals surface area contributed by atoms with Gasteiger partial charge in [0, 0.05) is 35.4 Å². The van der Waals surface area contributed by atoms with Crippen molar-refractivity contribution < 1.29 is 9.53 Å². The van der Waals surface area contributed by atoms with E-state index in [9.17, 15) is 4.79 Å². The van der Waals surface area contributed by atoms with E-state index in [4.69, 9.17) is 32.9 Å². The lowest BCUT2D eigenvalue weighted by molar-refractivity contribution is -0.116. The summed E-state index contributed by atoms with van der Waals surface area (Å²) < 4.78 is 5.51. The minimum absolute atomic E-state index is 0.0149. The molecule has 9 heteroatoms. The molecule has 140 valence electrons. The van der Waals surface area contributed by atoms with Crippen LogP contribution >= 0.6 is 11.6 Å². The molecule has 1 amide bonds. The van der Waals surface area contributed by atoms with E-state index in [1.165, 1.54) is 6.21 Å². The maximum Gasteiger partial charge on any atom is 0.261 e. The molecule has 0 unspecified atom stereocenters. The summed E-state index contributed by atoms with van der Waals surface area (Å²) in [4.78, 5) is 16.6. The Morgan fingerprint density at radius 1 is 1.48 bits per heavy atom. The maximum atomic E-state index is 12.5. The summed E-state index contributed by atoms with van der Waals surface area (Å²) in [5, 5.41) is 21.6. The molecular formula is C18H19ClN6O2. The van der Waals surface area contributed by atoms with Crippen molar-refractivity contribution in [3.05, 3.63) is 64.4 Å². The maximum absolute atomic E-state index is 12.5. The lowest BCUT2D eigenvalue weighted by atomic mass is 10.1. The van der Waals surface area contributed by atoms with Gasteiger partial charge in [-0.05, 0) is 31.2 Å². The molecule has 1 aliphatic rings. The van der Waals surface area contributed by atoms with E-state index >= 15 is 0 Å². The van der Waals surface area contributed by atoms with Crippen LogP contribution in [0.5, 0.6) is 5.75 Å². The first-order chi connectivity index (χ1) is 13.0. The normalized spacial score (nSPS) is 15.0. The van der Waals surface area contributed by atoms with Gasteiger partial charge in [-0.1, -0.05) is 11.6 Å². The van der Waals surface area contributed by atoms with E-state index in [0.29, 0.717) is 22.9 Å². The summed E-state index contributed by atoms with van der Waals surface area (Å²) >= 11 is 6.03. The third-order valence-electron chi connectivity index (χ3n) is 3.45. The van der Waals surface area contributed by atoms with Crippen LogP contribution in [0.1, 0.15) is 12.5 Å². The predicted octanol–water partition coefficient (Wildman–Crippen LogP) is 2.07. The second-order valence-electron chi connectivity index (χ2n) is 5.17. The fourth-order valence-electron chi connectivity index (χ4n) is 2.21. The number of rotatable bonds is 7. The number of hydrogen-bond acceptors (Lipinski definition) is 7. The van der Waals surface area contributed by atoms with Gasteiger partial charge in [-0.3, -0.25) is 10.2 Å². The Hall–Kier alpha value is -3.39. The van der Waals surface area contributed by atoms with Crippen LogP contribution in [-0.2, 0) is 4.79 Å². The number of nitrogens with zero attached hydrogens (tertiary/aromatic N) is 1. The van der Waals surface area contributed by atoms with Crippen LogP contribution in [0.15, 0.2) is 58.8 Å². The van der Waals surface area contributed by atoms with E-state index in [-0.39, 0.29) is 22.8 Å². The highest BCUT2D eigenvalue weighted by Gasteiger charge is 2.19. The van der Waals surface area contributed by atoms with Crippen LogP contribution in [0, 0.1) is 10.8 Å². The summed E-state index contributed by atoms with van der Waals surface area (Å²) in [5.41, 5.74) is 5.95. The van der Waals surface area contributed by atoms with E-state index < -0.39 is 5.91 Å². The Kier molecular flexibility index (Phi) is 6.90. The van der Waals surface area contributed by atoms with Crippen LogP contribution in [0.2, 0.25) is 5.02 Å². The molecule has 0 bridgehead atoms. The van der Waals surface area contributed by atoms with Crippen LogP contribution in [0.4, 0.5) is 0 Å². The van der Waals surface area contributed by atoms with Gasteiger partial charge in [-0.15, -0.1) is 0 Å². The van der Waals surface area contributed by atoms with Gasteiger partial charge in [0.1, 0.15) is 11.6 Å². The number of carbonyl (C=O) groups is 1. The van der Waals surface area contributed by atoms with E-state index in [1.54, 1.807) is 30.5 Å². The molecular weight excluding hydrogens is 368 g/mol. The lowest BCUT2D eigenvalue weighted by Gasteiger charge is -2.16. The quantitative estimate of drug-likeness (QED) is 0.362. The minimum atomic E-state index is -0.638. The van der Waals surface area contributed by atoms with Crippen LogP contribution < -0.4 is 21.1 Å². The molecule has 1 aromatic carbocycles. The molecule has 0 fully saturated rings. The van der Waals surface area contributed by atoms with Gasteiger partial charge in [0.25, 0.3) is 5.91 Å². The highest BCUT2D eigenvalue weighted by molar-refractivity contribution is 6.31. The third-order valence-corrected chi connectivity index (χ3v) is 3.68. The van der Waals surface area contributed by atoms with Crippen molar-refractivity contribution in [2.24, 2.45) is 10.7 Å². The Labute approximate surface area is 161 Å². The van der Waals surface area contributed by atoms with Crippen LogP contribution in [0.25, 0.3) is 0 Å². The standard InChI is InChI=1S/C18H19ClN6O2/c1-2-27-15-5-4-11(19)8-12(15)16(22)14(10-21)25-18(26)13(9-20)17-23-6-3-7-24-17/h3-10,20,22-23H,2,21H2,1H3,(H,25,26)/b14-10+,17-13-,20-9?,22-16?. The number of halogens is 1. The second kappa shape index (κ2) is 9.35. The first-order valence-corrected chi connectivity index (χ1v) is 8.35. The van der Waals surface area contributed by atoms with Crippen LogP contribution in [0.3, 0.4) is 0 Å². The molecule has 2 rings (SSSR count). The number of ether oxygens (including phenoxy) is 1. The van der Waals surface area contributed by atoms with Crippen molar-refractivity contribution in [1.29, 1.82) is 10.8 Å². The molecule has 0 aliphatic carbocycles. The van der Waals surface area contributed by atoms with Gasteiger partial charge in [0.2, 0.25) is 0 Å². The molecule has 1 aliphatic heterocycles. The zero-order valence-electron chi connectivity index (χ0n) is 14.5. The van der Waals surface area contributed by atoms with E-state index in [1.807, 2.05) is 6.92 Å². The first-order valence-electron chi connectivity index (χ1n) is 7.97. The third kappa shape index (κ3) is 4.83. The summed E-state index contributed by atoms with van der Waals surface area (Å²) in [6.07, 6.45) is 6.70.